The standard InChI is InChI=1S/C10H16N4O.ClH/c1-11-7-10(15)13-9-5-4-8(6-12-9)14(2)3;/h4-6,11H,7H2,1-3H3,(H,12,13,15);1H. The van der Waals surface area contributed by atoms with Crippen LogP contribution in [0.2, 0.25) is 0 Å². The van der Waals surface area contributed by atoms with Crippen LogP contribution in [0.1, 0.15) is 0 Å². The molecule has 0 atom stereocenters. The number of rotatable bonds is 4. The Balaban J connectivity index is 0.00000225. The highest BCUT2D eigenvalue weighted by Gasteiger charge is 2.01. The van der Waals surface area contributed by atoms with Crippen molar-refractivity contribution in [2.45, 2.75) is 0 Å². The predicted molar refractivity (Wildman–Crippen MR) is 68.4 cm³/mol. The molecular weight excluding hydrogens is 228 g/mol. The lowest BCUT2D eigenvalue weighted by Gasteiger charge is -2.12. The van der Waals surface area contributed by atoms with Gasteiger partial charge in [-0.2, -0.15) is 0 Å². The number of pyridine rings is 1. The average Bonchev–Trinajstić information content (AvgIpc) is 2.18. The fraction of sp³-hybridized carbons (Fsp3) is 0.400. The smallest absolute Gasteiger partial charge is 0.239 e. The molecule has 0 aliphatic carbocycles. The molecule has 0 bridgehead atoms. The molecule has 0 radical (unpaired) electrons. The Morgan fingerprint density at radius 1 is 1.44 bits per heavy atom. The number of carbonyl (C=O) groups is 1. The number of nitrogens with one attached hydrogen (secondary N) is 2. The summed E-state index contributed by atoms with van der Waals surface area (Å²) in [5.41, 5.74) is 1.00. The first-order valence-electron chi connectivity index (χ1n) is 4.71. The van der Waals surface area contributed by atoms with Crippen LogP contribution in [0.4, 0.5) is 11.5 Å². The molecule has 5 nitrogen and oxygen atoms in total. The molecule has 0 aromatic carbocycles. The summed E-state index contributed by atoms with van der Waals surface area (Å²) in [7, 11) is 5.61. The van der Waals surface area contributed by atoms with Crippen molar-refractivity contribution in [1.82, 2.24) is 10.3 Å². The van der Waals surface area contributed by atoms with Crippen molar-refractivity contribution in [1.29, 1.82) is 0 Å². The van der Waals surface area contributed by atoms with Crippen molar-refractivity contribution in [2.24, 2.45) is 0 Å². The summed E-state index contributed by atoms with van der Waals surface area (Å²) in [5.74, 6) is 0.475. The van der Waals surface area contributed by atoms with Gasteiger partial charge in [0.1, 0.15) is 5.82 Å². The zero-order valence-corrected chi connectivity index (χ0v) is 10.5. The Morgan fingerprint density at radius 3 is 2.56 bits per heavy atom. The van der Waals surface area contributed by atoms with Crippen molar-refractivity contribution in [2.75, 3.05) is 37.9 Å². The zero-order valence-electron chi connectivity index (χ0n) is 9.65. The summed E-state index contributed by atoms with van der Waals surface area (Å²) in [6.45, 7) is 0.289. The number of anilines is 2. The van der Waals surface area contributed by atoms with Gasteiger partial charge in [0, 0.05) is 14.1 Å². The number of carbonyl (C=O) groups excluding carboxylic acids is 1. The Bertz CT molecular complexity index is 326. The Hall–Kier alpha value is -1.33. The molecule has 1 amide bonds. The third kappa shape index (κ3) is 4.46. The van der Waals surface area contributed by atoms with Gasteiger partial charge in [0.2, 0.25) is 5.91 Å². The monoisotopic (exact) mass is 244 g/mol. The minimum atomic E-state index is -0.0948. The van der Waals surface area contributed by atoms with E-state index in [0.717, 1.165) is 5.69 Å². The van der Waals surface area contributed by atoms with Crippen molar-refractivity contribution in [3.63, 3.8) is 0 Å². The second-order valence-electron chi connectivity index (χ2n) is 3.37. The van der Waals surface area contributed by atoms with Gasteiger partial charge >= 0.3 is 0 Å². The molecular formula is C10H17ClN4O. The van der Waals surface area contributed by atoms with Crippen molar-refractivity contribution < 1.29 is 4.79 Å². The second kappa shape index (κ2) is 7.03. The van der Waals surface area contributed by atoms with Crippen LogP contribution in [0, 0.1) is 0 Å². The van der Waals surface area contributed by atoms with Crippen LogP contribution in [0.15, 0.2) is 18.3 Å². The Morgan fingerprint density at radius 2 is 2.12 bits per heavy atom. The van der Waals surface area contributed by atoms with Gasteiger partial charge < -0.3 is 15.5 Å². The van der Waals surface area contributed by atoms with Crippen LogP contribution in [0.5, 0.6) is 0 Å². The molecule has 2 N–H and O–H groups in total. The predicted octanol–water partition coefficient (Wildman–Crippen LogP) is 0.727. The minimum Gasteiger partial charge on any atom is -0.376 e. The van der Waals surface area contributed by atoms with Gasteiger partial charge in [-0.3, -0.25) is 4.79 Å². The van der Waals surface area contributed by atoms with Crippen LogP contribution in [0.3, 0.4) is 0 Å². The van der Waals surface area contributed by atoms with Crippen LogP contribution in [0.25, 0.3) is 0 Å². The van der Waals surface area contributed by atoms with Gasteiger partial charge in [-0.25, -0.2) is 4.98 Å². The molecule has 6 heteroatoms. The van der Waals surface area contributed by atoms with E-state index < -0.39 is 0 Å². The van der Waals surface area contributed by atoms with Gasteiger partial charge in [0.15, 0.2) is 0 Å². The van der Waals surface area contributed by atoms with Crippen LogP contribution < -0.4 is 15.5 Å². The van der Waals surface area contributed by atoms with Gasteiger partial charge in [0.25, 0.3) is 0 Å². The molecule has 90 valence electrons. The molecule has 1 rings (SSSR count). The van der Waals surface area contributed by atoms with E-state index >= 15 is 0 Å². The van der Waals surface area contributed by atoms with Gasteiger partial charge in [-0.15, -0.1) is 12.4 Å². The highest BCUT2D eigenvalue weighted by molar-refractivity contribution is 5.91. The quantitative estimate of drug-likeness (QED) is 0.820. The first-order valence-corrected chi connectivity index (χ1v) is 4.71. The number of amides is 1. The molecule has 1 aromatic heterocycles. The third-order valence-electron chi connectivity index (χ3n) is 1.87. The highest BCUT2D eigenvalue weighted by atomic mass is 35.5. The van der Waals surface area contributed by atoms with E-state index in [-0.39, 0.29) is 24.9 Å². The number of halogens is 1. The molecule has 0 unspecified atom stereocenters. The Labute approximate surface area is 102 Å². The molecule has 0 fully saturated rings. The van der Waals surface area contributed by atoms with Crippen LogP contribution in [-0.4, -0.2) is 38.6 Å². The second-order valence-corrected chi connectivity index (χ2v) is 3.37. The summed E-state index contributed by atoms with van der Waals surface area (Å²) in [6.07, 6.45) is 1.72. The Kier molecular flexibility index (Phi) is 6.44. The first kappa shape index (κ1) is 14.7. The SMILES string of the molecule is CNCC(=O)Nc1ccc(N(C)C)cn1.Cl. The van der Waals surface area contributed by atoms with Crippen molar-refractivity contribution in [3.05, 3.63) is 18.3 Å². The number of nitrogens with zero attached hydrogens (tertiary/aromatic N) is 2. The maximum atomic E-state index is 11.2. The molecule has 1 heterocycles. The molecule has 0 aliphatic heterocycles. The zero-order chi connectivity index (χ0) is 11.3. The van der Waals surface area contributed by atoms with E-state index in [0.29, 0.717) is 5.82 Å². The first-order chi connectivity index (χ1) is 7.13. The van der Waals surface area contributed by atoms with Crippen molar-refractivity contribution in [3.8, 4) is 0 Å². The van der Waals surface area contributed by atoms with Crippen molar-refractivity contribution >= 4 is 29.8 Å². The van der Waals surface area contributed by atoms with Crippen LogP contribution in [-0.2, 0) is 4.79 Å². The normalized spacial score (nSPS) is 9.19. The van der Waals surface area contributed by atoms with Gasteiger partial charge in [-0.1, -0.05) is 0 Å². The molecule has 0 saturated heterocycles. The lowest BCUT2D eigenvalue weighted by molar-refractivity contribution is -0.115. The van der Waals surface area contributed by atoms with E-state index in [2.05, 4.69) is 15.6 Å². The van der Waals surface area contributed by atoms with E-state index in [4.69, 9.17) is 0 Å². The molecule has 16 heavy (non-hydrogen) atoms. The minimum absolute atomic E-state index is 0. The maximum Gasteiger partial charge on any atom is 0.239 e. The molecule has 0 spiro atoms. The summed E-state index contributed by atoms with van der Waals surface area (Å²) >= 11 is 0. The highest BCUT2D eigenvalue weighted by Crippen LogP contribution is 2.11. The number of aromatic nitrogens is 1. The van der Waals surface area contributed by atoms with Gasteiger partial charge in [-0.05, 0) is 19.2 Å². The lowest BCUT2D eigenvalue weighted by atomic mass is 10.4. The van der Waals surface area contributed by atoms with E-state index in [1.807, 2.05) is 25.1 Å². The average molecular weight is 245 g/mol. The number of hydrogen-bond acceptors (Lipinski definition) is 4. The van der Waals surface area contributed by atoms with E-state index in [1.165, 1.54) is 0 Å². The van der Waals surface area contributed by atoms with Crippen LogP contribution >= 0.6 is 12.4 Å². The maximum absolute atomic E-state index is 11.2. The molecule has 0 saturated carbocycles. The number of likely N-dealkylation sites (N-methyl/N-ethyl adjacent to an activating group) is 1. The fourth-order valence-electron chi connectivity index (χ4n) is 1.07. The summed E-state index contributed by atoms with van der Waals surface area (Å²) in [6, 6.07) is 3.69. The third-order valence-corrected chi connectivity index (χ3v) is 1.87. The van der Waals surface area contributed by atoms with Gasteiger partial charge in [0.05, 0.1) is 18.4 Å². The topological polar surface area (TPSA) is 57.3 Å². The largest absolute Gasteiger partial charge is 0.376 e. The van der Waals surface area contributed by atoms with E-state index in [9.17, 15) is 4.79 Å². The fourth-order valence-corrected chi connectivity index (χ4v) is 1.07. The summed E-state index contributed by atoms with van der Waals surface area (Å²) in [5, 5.41) is 5.45. The lowest BCUT2D eigenvalue weighted by Crippen LogP contribution is -2.25. The number of hydrogen-bond donors (Lipinski definition) is 2. The van der Waals surface area contributed by atoms with E-state index in [1.54, 1.807) is 19.3 Å². The summed E-state index contributed by atoms with van der Waals surface area (Å²) in [4.78, 5) is 17.3. The molecule has 1 aromatic rings. The summed E-state index contributed by atoms with van der Waals surface area (Å²) < 4.78 is 0. The molecule has 0 aliphatic rings.